The highest BCUT2D eigenvalue weighted by Gasteiger charge is 2.35. The fraction of sp³-hybridized carbons (Fsp3) is 0.471. The number of amides is 1. The predicted molar refractivity (Wildman–Crippen MR) is 97.5 cm³/mol. The van der Waals surface area contributed by atoms with E-state index in [1.165, 1.54) is 12.1 Å². The first kappa shape index (κ1) is 22.8. The van der Waals surface area contributed by atoms with E-state index in [0.717, 1.165) is 6.07 Å². The molecule has 167 valence electrons. The summed E-state index contributed by atoms with van der Waals surface area (Å²) < 4.78 is 49.5. The lowest BCUT2D eigenvalue weighted by Gasteiger charge is -2.37. The number of benzene rings is 1. The minimum absolute atomic E-state index is 0.170. The molecule has 4 N–H and O–H groups in total. The maximum Gasteiger partial charge on any atom is 0.522 e. The van der Waals surface area contributed by atoms with Gasteiger partial charge in [0, 0.05) is 17.3 Å². The molecule has 1 aromatic heterocycles. The van der Waals surface area contributed by atoms with E-state index in [9.17, 15) is 28.2 Å². The van der Waals surface area contributed by atoms with Gasteiger partial charge in [-0.1, -0.05) is 5.10 Å². The Morgan fingerprint density at radius 2 is 2.10 bits per heavy atom. The van der Waals surface area contributed by atoms with E-state index in [1.54, 1.807) is 0 Å². The summed E-state index contributed by atoms with van der Waals surface area (Å²) >= 11 is 0. The van der Waals surface area contributed by atoms with Gasteiger partial charge in [0.1, 0.15) is 6.61 Å². The largest absolute Gasteiger partial charge is 0.522 e. The van der Waals surface area contributed by atoms with Crippen LogP contribution in [0.4, 0.5) is 13.2 Å². The van der Waals surface area contributed by atoms with Crippen molar-refractivity contribution >= 4 is 16.1 Å². The van der Waals surface area contributed by atoms with E-state index >= 15 is 0 Å². The zero-order valence-electron chi connectivity index (χ0n) is 15.9. The van der Waals surface area contributed by atoms with Gasteiger partial charge in [-0.15, -0.1) is 18.3 Å². The molecular formula is C17H18F3N4O6Si. The van der Waals surface area contributed by atoms with Crippen LogP contribution in [0.15, 0.2) is 22.6 Å². The lowest BCUT2D eigenvalue weighted by atomic mass is 9.99. The quantitative estimate of drug-likeness (QED) is 0.272. The Hall–Kier alpha value is -2.84. The van der Waals surface area contributed by atoms with Crippen molar-refractivity contribution in [2.24, 2.45) is 0 Å². The average molecular weight is 459 g/mol. The molecule has 0 saturated carbocycles. The Balaban J connectivity index is 1.49. The van der Waals surface area contributed by atoms with Gasteiger partial charge in [-0.25, -0.2) is 0 Å². The lowest BCUT2D eigenvalue weighted by Crippen LogP contribution is -2.58. The molecule has 1 aliphatic rings. The summed E-state index contributed by atoms with van der Waals surface area (Å²) in [7, 11) is 3.55. The van der Waals surface area contributed by atoms with E-state index in [0.29, 0.717) is 12.8 Å². The first-order chi connectivity index (χ1) is 14.5. The van der Waals surface area contributed by atoms with Crippen molar-refractivity contribution in [1.29, 1.82) is 0 Å². The van der Waals surface area contributed by atoms with Crippen LogP contribution in [0, 0.1) is 0 Å². The molecule has 1 amide bonds. The third-order valence-electron chi connectivity index (χ3n) is 4.40. The number of carbonyl (C=O) groups excluding carboxylic acids is 1. The number of aromatic hydroxyl groups is 2. The van der Waals surface area contributed by atoms with Gasteiger partial charge >= 0.3 is 12.4 Å². The number of hydrogen-bond donors (Lipinski definition) is 4. The van der Waals surface area contributed by atoms with Crippen LogP contribution in [0.2, 0.25) is 0 Å². The molecule has 2 heterocycles. The van der Waals surface area contributed by atoms with Crippen molar-refractivity contribution in [2.75, 3.05) is 19.8 Å². The van der Waals surface area contributed by atoms with Gasteiger partial charge in [0.25, 0.3) is 5.91 Å². The van der Waals surface area contributed by atoms with Gasteiger partial charge in [-0.3, -0.25) is 9.53 Å². The lowest BCUT2D eigenvalue weighted by molar-refractivity contribution is -0.325. The molecule has 2 atom stereocenters. The van der Waals surface area contributed by atoms with Crippen LogP contribution in [0.3, 0.4) is 0 Å². The number of rotatable bonds is 7. The number of carbonyl (C=O) groups is 1. The highest BCUT2D eigenvalue weighted by molar-refractivity contribution is 6.17. The molecule has 3 rings (SSSR count). The Morgan fingerprint density at radius 1 is 1.32 bits per heavy atom. The summed E-state index contributed by atoms with van der Waals surface area (Å²) in [5, 5.41) is 31.5. The normalized spacial score (nSPS) is 21.6. The number of hydrogen-bond acceptors (Lipinski definition) is 9. The minimum atomic E-state index is -4.74. The van der Waals surface area contributed by atoms with E-state index in [-0.39, 0.29) is 35.9 Å². The summed E-state index contributed by atoms with van der Waals surface area (Å²) in [6, 6.07) is 3.39. The maximum atomic E-state index is 12.4. The molecule has 1 fully saturated rings. The van der Waals surface area contributed by atoms with E-state index < -0.39 is 36.4 Å². The number of phenols is 2. The van der Waals surface area contributed by atoms with Gasteiger partial charge in [-0.2, -0.15) is 0 Å². The van der Waals surface area contributed by atoms with Crippen molar-refractivity contribution in [3.63, 3.8) is 0 Å². The van der Waals surface area contributed by atoms with Gasteiger partial charge in [0.15, 0.2) is 11.5 Å². The molecule has 1 aromatic carbocycles. The SMILES string of the molecule is O=C(N[C@]1([Si])CC[C@H](c2nnc(OCCOC(F)(F)F)o2)NC1)c1ccc(O)c(O)c1. The second-order valence-corrected chi connectivity index (χ2v) is 7.72. The Morgan fingerprint density at radius 3 is 2.74 bits per heavy atom. The molecule has 1 saturated heterocycles. The van der Waals surface area contributed by atoms with Crippen molar-refractivity contribution in [3.8, 4) is 17.6 Å². The van der Waals surface area contributed by atoms with Crippen molar-refractivity contribution < 1.29 is 42.1 Å². The fourth-order valence-electron chi connectivity index (χ4n) is 2.86. The van der Waals surface area contributed by atoms with Crippen molar-refractivity contribution in [1.82, 2.24) is 20.8 Å². The number of ether oxygens (including phenoxy) is 2. The molecule has 0 spiro atoms. The molecule has 31 heavy (non-hydrogen) atoms. The van der Waals surface area contributed by atoms with E-state index in [2.05, 4.69) is 35.8 Å². The Kier molecular flexibility index (Phi) is 6.71. The molecule has 0 unspecified atom stereocenters. The first-order valence-corrected chi connectivity index (χ1v) is 9.54. The number of nitrogens with one attached hydrogen (secondary N) is 2. The van der Waals surface area contributed by atoms with Crippen LogP contribution in [0.1, 0.15) is 35.1 Å². The maximum absolute atomic E-state index is 12.4. The number of alkyl halides is 3. The van der Waals surface area contributed by atoms with Crippen LogP contribution in [0.5, 0.6) is 17.6 Å². The minimum Gasteiger partial charge on any atom is -0.504 e. The van der Waals surface area contributed by atoms with Gasteiger partial charge in [-0.05, 0) is 31.0 Å². The second-order valence-electron chi connectivity index (χ2n) is 6.76. The zero-order chi connectivity index (χ0) is 22.6. The molecular weight excluding hydrogens is 441 g/mol. The van der Waals surface area contributed by atoms with Crippen LogP contribution in [0.25, 0.3) is 0 Å². The van der Waals surface area contributed by atoms with Crippen LogP contribution in [-0.2, 0) is 4.74 Å². The van der Waals surface area contributed by atoms with Gasteiger partial charge in [0.05, 0.1) is 22.9 Å². The van der Waals surface area contributed by atoms with Gasteiger partial charge < -0.3 is 30.0 Å². The average Bonchev–Trinajstić information content (AvgIpc) is 3.16. The molecule has 1 aliphatic heterocycles. The number of halogens is 3. The summed E-state index contributed by atoms with van der Waals surface area (Å²) in [4.78, 5) is 12.4. The molecule has 0 aliphatic carbocycles. The standard InChI is InChI=1S/C17H18F3N4O6Si/c18-17(19,20)29-6-5-28-15-24-23-14(30-15)10-3-4-16(31,8-21-10)22-13(27)9-1-2-11(25)12(26)7-9/h1-2,7,10,21,25-26H,3-6,8H2,(H,22,27)/t10-,16+/m1/s1. The predicted octanol–water partition coefficient (Wildman–Crippen LogP) is 1.12. The second kappa shape index (κ2) is 9.11. The molecule has 0 bridgehead atoms. The van der Waals surface area contributed by atoms with E-state index in [4.69, 9.17) is 9.15 Å². The first-order valence-electron chi connectivity index (χ1n) is 9.04. The molecule has 3 radical (unpaired) electrons. The van der Waals surface area contributed by atoms with Gasteiger partial charge in [0.2, 0.25) is 5.89 Å². The molecule has 14 heteroatoms. The van der Waals surface area contributed by atoms with Crippen LogP contribution in [-0.4, -0.2) is 67.8 Å². The van der Waals surface area contributed by atoms with Crippen molar-refractivity contribution in [2.45, 2.75) is 30.4 Å². The van der Waals surface area contributed by atoms with Crippen LogP contribution < -0.4 is 15.4 Å². The molecule has 2 aromatic rings. The zero-order valence-corrected chi connectivity index (χ0v) is 16.9. The fourth-order valence-corrected chi connectivity index (χ4v) is 3.22. The molecule has 10 nitrogen and oxygen atoms in total. The third kappa shape index (κ3) is 6.32. The Bertz CT molecular complexity index is 918. The Labute approximate surface area is 177 Å². The summed E-state index contributed by atoms with van der Waals surface area (Å²) in [5.41, 5.74) is 0.170. The number of nitrogens with zero attached hydrogens (tertiary/aromatic N) is 2. The monoisotopic (exact) mass is 459 g/mol. The van der Waals surface area contributed by atoms with Crippen molar-refractivity contribution in [3.05, 3.63) is 29.7 Å². The topological polar surface area (TPSA) is 139 Å². The summed E-state index contributed by atoms with van der Waals surface area (Å²) in [5.74, 6) is -1.00. The highest BCUT2D eigenvalue weighted by atomic mass is 28.1. The summed E-state index contributed by atoms with van der Waals surface area (Å²) in [6.45, 7) is -0.849. The van der Waals surface area contributed by atoms with E-state index in [1.807, 2.05) is 0 Å². The smallest absolute Gasteiger partial charge is 0.504 e. The van der Waals surface area contributed by atoms with Crippen LogP contribution >= 0.6 is 0 Å². The number of aromatic nitrogens is 2. The highest BCUT2D eigenvalue weighted by Crippen LogP contribution is 2.28. The number of phenolic OH excluding ortho intramolecular Hbond substituents is 2. The third-order valence-corrected chi connectivity index (χ3v) is 4.95. The summed E-state index contributed by atoms with van der Waals surface area (Å²) in [6.07, 6.45) is -4.08. The number of piperidine rings is 1.